The number of rotatable bonds is 5. The Bertz CT molecular complexity index is 516. The molecule has 1 fully saturated rings. The molecular weight excluding hydrogens is 290 g/mol. The lowest BCUT2D eigenvalue weighted by molar-refractivity contribution is -0.137. The summed E-state index contributed by atoms with van der Waals surface area (Å²) >= 11 is 0. The lowest BCUT2D eigenvalue weighted by Crippen LogP contribution is -2.43. The lowest BCUT2D eigenvalue weighted by Gasteiger charge is -2.33. The Hall–Kier alpha value is -1.39. The first-order valence-corrected chi connectivity index (χ1v) is 8.50. The van der Waals surface area contributed by atoms with Gasteiger partial charge >= 0.3 is 0 Å². The Balaban J connectivity index is 1.93. The van der Waals surface area contributed by atoms with Crippen LogP contribution in [-0.2, 0) is 21.7 Å². The van der Waals surface area contributed by atoms with E-state index in [1.807, 2.05) is 24.3 Å². The molecule has 4 nitrogen and oxygen atoms in total. The van der Waals surface area contributed by atoms with Gasteiger partial charge in [-0.3, -0.25) is 4.79 Å². The number of benzene rings is 1. The zero-order valence-electron chi connectivity index (χ0n) is 14.6. The molecule has 0 bridgehead atoms. The Morgan fingerprint density at radius 2 is 2.00 bits per heavy atom. The SMILES string of the molecule is CC(C)[C@H]1OCCC[C@H]1C(=O)NCc1ccc(C(C)(C)O)cc1. The molecule has 1 heterocycles. The summed E-state index contributed by atoms with van der Waals surface area (Å²) in [7, 11) is 0. The van der Waals surface area contributed by atoms with Gasteiger partial charge in [0.15, 0.2) is 0 Å². The topological polar surface area (TPSA) is 58.6 Å². The van der Waals surface area contributed by atoms with Crippen LogP contribution in [0.1, 0.15) is 51.7 Å². The minimum atomic E-state index is -0.842. The molecule has 2 N–H and O–H groups in total. The van der Waals surface area contributed by atoms with E-state index in [1.54, 1.807) is 13.8 Å². The fraction of sp³-hybridized carbons (Fsp3) is 0.632. The van der Waals surface area contributed by atoms with Crippen LogP contribution in [0.5, 0.6) is 0 Å². The highest BCUT2D eigenvalue weighted by atomic mass is 16.5. The van der Waals surface area contributed by atoms with Crippen molar-refractivity contribution in [2.75, 3.05) is 6.61 Å². The summed E-state index contributed by atoms with van der Waals surface area (Å²) in [5.41, 5.74) is 1.06. The van der Waals surface area contributed by atoms with Gasteiger partial charge < -0.3 is 15.2 Å². The van der Waals surface area contributed by atoms with Crippen LogP contribution in [0.3, 0.4) is 0 Å². The van der Waals surface area contributed by atoms with Crippen molar-refractivity contribution >= 4 is 5.91 Å². The smallest absolute Gasteiger partial charge is 0.226 e. The van der Waals surface area contributed by atoms with E-state index in [1.165, 1.54) is 0 Å². The number of carbonyl (C=O) groups excluding carboxylic acids is 1. The molecule has 0 saturated carbocycles. The Labute approximate surface area is 139 Å². The van der Waals surface area contributed by atoms with E-state index in [0.717, 1.165) is 30.6 Å². The van der Waals surface area contributed by atoms with Gasteiger partial charge in [0.05, 0.1) is 17.6 Å². The van der Waals surface area contributed by atoms with Crippen molar-refractivity contribution in [2.24, 2.45) is 11.8 Å². The fourth-order valence-electron chi connectivity index (χ4n) is 3.09. The molecule has 1 aliphatic rings. The molecule has 0 spiro atoms. The van der Waals surface area contributed by atoms with Crippen molar-refractivity contribution in [3.63, 3.8) is 0 Å². The van der Waals surface area contributed by atoms with Crippen molar-refractivity contribution < 1.29 is 14.6 Å². The standard InChI is InChI=1S/C19H29NO3/c1-13(2)17-16(6-5-11-23-17)18(21)20-12-14-7-9-15(10-8-14)19(3,4)22/h7-10,13,16-17,22H,5-6,11-12H2,1-4H3,(H,20,21)/t16-,17-/m1/s1. The third kappa shape index (κ3) is 4.79. The second kappa shape index (κ2) is 7.45. The van der Waals surface area contributed by atoms with Gasteiger partial charge in [0.1, 0.15) is 0 Å². The Morgan fingerprint density at radius 3 is 2.57 bits per heavy atom. The van der Waals surface area contributed by atoms with E-state index in [0.29, 0.717) is 12.5 Å². The number of ether oxygens (including phenoxy) is 1. The van der Waals surface area contributed by atoms with E-state index in [-0.39, 0.29) is 17.9 Å². The zero-order chi connectivity index (χ0) is 17.0. The Kier molecular flexibility index (Phi) is 5.82. The van der Waals surface area contributed by atoms with Gasteiger partial charge in [0, 0.05) is 13.2 Å². The molecule has 0 aromatic heterocycles. The molecule has 0 aliphatic carbocycles. The van der Waals surface area contributed by atoms with Crippen LogP contribution in [0.2, 0.25) is 0 Å². The maximum atomic E-state index is 12.5. The van der Waals surface area contributed by atoms with Crippen LogP contribution >= 0.6 is 0 Å². The molecule has 128 valence electrons. The number of aliphatic hydroxyl groups is 1. The molecule has 23 heavy (non-hydrogen) atoms. The quantitative estimate of drug-likeness (QED) is 0.877. The third-order valence-electron chi connectivity index (χ3n) is 4.49. The van der Waals surface area contributed by atoms with Crippen molar-refractivity contribution in [1.82, 2.24) is 5.32 Å². The molecule has 0 radical (unpaired) electrons. The van der Waals surface area contributed by atoms with Gasteiger partial charge in [-0.15, -0.1) is 0 Å². The van der Waals surface area contributed by atoms with Gasteiger partial charge in [-0.25, -0.2) is 0 Å². The summed E-state index contributed by atoms with van der Waals surface area (Å²) in [5.74, 6) is 0.367. The van der Waals surface area contributed by atoms with E-state index in [4.69, 9.17) is 4.74 Å². The Morgan fingerprint density at radius 1 is 1.35 bits per heavy atom. The van der Waals surface area contributed by atoms with Gasteiger partial charge in [-0.05, 0) is 43.7 Å². The number of nitrogens with one attached hydrogen (secondary N) is 1. The first-order chi connectivity index (χ1) is 10.8. The van der Waals surface area contributed by atoms with Crippen LogP contribution in [0.15, 0.2) is 24.3 Å². The summed E-state index contributed by atoms with van der Waals surface area (Å²) in [5, 5.41) is 13.0. The maximum absolute atomic E-state index is 12.5. The number of hydrogen-bond donors (Lipinski definition) is 2. The monoisotopic (exact) mass is 319 g/mol. The maximum Gasteiger partial charge on any atom is 0.226 e. The van der Waals surface area contributed by atoms with Gasteiger partial charge in [0.25, 0.3) is 0 Å². The predicted octanol–water partition coefficient (Wildman–Crippen LogP) is 2.98. The van der Waals surface area contributed by atoms with E-state index >= 15 is 0 Å². The number of carbonyl (C=O) groups is 1. The molecule has 1 saturated heterocycles. The second-order valence-electron chi connectivity index (χ2n) is 7.30. The average molecular weight is 319 g/mol. The molecule has 1 aromatic rings. The number of hydrogen-bond acceptors (Lipinski definition) is 3. The van der Waals surface area contributed by atoms with Gasteiger partial charge in [0.2, 0.25) is 5.91 Å². The predicted molar refractivity (Wildman–Crippen MR) is 90.8 cm³/mol. The van der Waals surface area contributed by atoms with Crippen LogP contribution in [0.25, 0.3) is 0 Å². The van der Waals surface area contributed by atoms with Crippen LogP contribution in [0.4, 0.5) is 0 Å². The summed E-state index contributed by atoms with van der Waals surface area (Å²) in [4.78, 5) is 12.5. The first kappa shape index (κ1) is 18.0. The molecule has 1 aliphatic heterocycles. The van der Waals surface area contributed by atoms with Crippen molar-refractivity contribution in [1.29, 1.82) is 0 Å². The molecular formula is C19H29NO3. The summed E-state index contributed by atoms with van der Waals surface area (Å²) in [6, 6.07) is 7.71. The van der Waals surface area contributed by atoms with Gasteiger partial charge in [-0.2, -0.15) is 0 Å². The molecule has 2 rings (SSSR count). The first-order valence-electron chi connectivity index (χ1n) is 8.50. The normalized spacial score (nSPS) is 22.2. The molecule has 1 aromatic carbocycles. The highest BCUT2D eigenvalue weighted by Gasteiger charge is 2.33. The molecule has 2 atom stereocenters. The highest BCUT2D eigenvalue weighted by molar-refractivity contribution is 5.79. The highest BCUT2D eigenvalue weighted by Crippen LogP contribution is 2.26. The van der Waals surface area contributed by atoms with Crippen LogP contribution in [-0.4, -0.2) is 23.7 Å². The lowest BCUT2D eigenvalue weighted by atomic mass is 9.87. The largest absolute Gasteiger partial charge is 0.386 e. The average Bonchev–Trinajstić information content (AvgIpc) is 2.52. The minimum Gasteiger partial charge on any atom is -0.386 e. The molecule has 1 amide bonds. The molecule has 0 unspecified atom stereocenters. The zero-order valence-corrected chi connectivity index (χ0v) is 14.6. The summed E-state index contributed by atoms with van der Waals surface area (Å²) in [6.07, 6.45) is 1.86. The number of amides is 1. The fourth-order valence-corrected chi connectivity index (χ4v) is 3.09. The molecule has 4 heteroatoms. The summed E-state index contributed by atoms with van der Waals surface area (Å²) in [6.45, 7) is 8.99. The second-order valence-corrected chi connectivity index (χ2v) is 7.30. The van der Waals surface area contributed by atoms with E-state index in [9.17, 15) is 9.90 Å². The van der Waals surface area contributed by atoms with Crippen LogP contribution < -0.4 is 5.32 Å². The van der Waals surface area contributed by atoms with Crippen molar-refractivity contribution in [3.05, 3.63) is 35.4 Å². The van der Waals surface area contributed by atoms with Crippen molar-refractivity contribution in [2.45, 2.75) is 58.8 Å². The van der Waals surface area contributed by atoms with Crippen LogP contribution in [0, 0.1) is 11.8 Å². The third-order valence-corrected chi connectivity index (χ3v) is 4.49. The van der Waals surface area contributed by atoms with Crippen molar-refractivity contribution in [3.8, 4) is 0 Å². The van der Waals surface area contributed by atoms with E-state index < -0.39 is 5.60 Å². The van der Waals surface area contributed by atoms with E-state index in [2.05, 4.69) is 19.2 Å². The minimum absolute atomic E-state index is 0.0151. The van der Waals surface area contributed by atoms with Gasteiger partial charge in [-0.1, -0.05) is 38.1 Å². The summed E-state index contributed by atoms with van der Waals surface area (Å²) < 4.78 is 5.79.